The van der Waals surface area contributed by atoms with E-state index < -0.39 is 0 Å². The molecular formula is C26H19N3. The van der Waals surface area contributed by atoms with E-state index >= 15 is 0 Å². The highest BCUT2D eigenvalue weighted by atomic mass is 15.1. The Morgan fingerprint density at radius 3 is 2.03 bits per heavy atom. The Labute approximate surface area is 168 Å². The van der Waals surface area contributed by atoms with E-state index in [0.29, 0.717) is 0 Å². The second-order valence-corrected chi connectivity index (χ2v) is 7.45. The second-order valence-electron chi connectivity index (χ2n) is 7.45. The predicted octanol–water partition coefficient (Wildman–Crippen LogP) is 6.33. The minimum Gasteiger partial charge on any atom is -0.293 e. The molecule has 0 saturated carbocycles. The number of para-hydroxylation sites is 3. The van der Waals surface area contributed by atoms with Gasteiger partial charge in [0.25, 0.3) is 0 Å². The fraction of sp³-hybridized carbons (Fsp3) is 0.0769. The lowest BCUT2D eigenvalue weighted by Gasteiger charge is -2.16. The first kappa shape index (κ1) is 16.3. The van der Waals surface area contributed by atoms with Crippen molar-refractivity contribution in [2.24, 2.45) is 0 Å². The normalized spacial score (nSPS) is 16.2. The van der Waals surface area contributed by atoms with Crippen LogP contribution < -0.4 is 0 Å². The lowest BCUT2D eigenvalue weighted by Crippen LogP contribution is -2.08. The molecule has 3 aromatic carbocycles. The van der Waals surface area contributed by atoms with E-state index in [4.69, 9.17) is 9.97 Å². The minimum absolute atomic E-state index is 0.205. The van der Waals surface area contributed by atoms with Crippen LogP contribution in [-0.4, -0.2) is 14.5 Å². The van der Waals surface area contributed by atoms with E-state index in [-0.39, 0.29) is 5.92 Å². The van der Waals surface area contributed by atoms with E-state index in [1.165, 1.54) is 21.8 Å². The first-order valence-corrected chi connectivity index (χ1v) is 9.99. The number of benzene rings is 3. The number of aromatic nitrogens is 3. The highest BCUT2D eigenvalue weighted by Gasteiger charge is 2.19. The SMILES string of the molecule is C1=CCC(c2nc(-n3c4ccccc4c4ccccc43)c3ccccc3n2)C=C1. The second kappa shape index (κ2) is 6.42. The van der Waals surface area contributed by atoms with Crippen LogP contribution in [0.4, 0.5) is 0 Å². The van der Waals surface area contributed by atoms with Crippen LogP contribution in [0.3, 0.4) is 0 Å². The Bertz CT molecular complexity index is 1390. The molecule has 1 aliphatic rings. The van der Waals surface area contributed by atoms with Gasteiger partial charge < -0.3 is 0 Å². The number of hydrogen-bond acceptors (Lipinski definition) is 2. The molecule has 0 bridgehead atoms. The Kier molecular flexibility index (Phi) is 3.60. The largest absolute Gasteiger partial charge is 0.293 e. The van der Waals surface area contributed by atoms with Crippen molar-refractivity contribution in [1.29, 1.82) is 0 Å². The average molecular weight is 373 g/mol. The lowest BCUT2D eigenvalue weighted by atomic mass is 10.00. The van der Waals surface area contributed by atoms with Crippen LogP contribution in [0, 0.1) is 0 Å². The number of fused-ring (bicyclic) bond motifs is 4. The number of hydrogen-bond donors (Lipinski definition) is 0. The molecule has 3 heteroatoms. The van der Waals surface area contributed by atoms with Gasteiger partial charge in [-0.05, 0) is 30.7 Å². The third-order valence-corrected chi connectivity index (χ3v) is 5.70. The number of nitrogens with zero attached hydrogens (tertiary/aromatic N) is 3. The predicted molar refractivity (Wildman–Crippen MR) is 120 cm³/mol. The fourth-order valence-corrected chi connectivity index (χ4v) is 4.34. The third-order valence-electron chi connectivity index (χ3n) is 5.70. The molecule has 138 valence electrons. The van der Waals surface area contributed by atoms with Crippen molar-refractivity contribution in [3.05, 3.63) is 103 Å². The maximum Gasteiger partial charge on any atom is 0.149 e. The first-order chi connectivity index (χ1) is 14.4. The Hall–Kier alpha value is -3.72. The molecule has 6 rings (SSSR count). The van der Waals surface area contributed by atoms with E-state index in [9.17, 15) is 0 Å². The van der Waals surface area contributed by atoms with Crippen LogP contribution >= 0.6 is 0 Å². The summed E-state index contributed by atoms with van der Waals surface area (Å²) in [7, 11) is 0. The standard InChI is InChI=1S/C26H19N3/c1-2-10-18(11-3-1)25-27-22-15-7-4-14-21(22)26(28-25)29-23-16-8-5-12-19(23)20-13-6-9-17-24(20)29/h1-10,12-18H,11H2. The Morgan fingerprint density at radius 1 is 0.690 bits per heavy atom. The van der Waals surface area contributed by atoms with Gasteiger partial charge in [0, 0.05) is 22.1 Å². The summed E-state index contributed by atoms with van der Waals surface area (Å²) in [6.07, 6.45) is 9.49. The molecule has 1 aliphatic carbocycles. The Morgan fingerprint density at radius 2 is 1.34 bits per heavy atom. The average Bonchev–Trinajstić information content (AvgIpc) is 3.13. The number of allylic oxidation sites excluding steroid dienone is 4. The zero-order valence-corrected chi connectivity index (χ0v) is 15.9. The highest BCUT2D eigenvalue weighted by Crippen LogP contribution is 2.34. The van der Waals surface area contributed by atoms with Crippen LogP contribution in [-0.2, 0) is 0 Å². The van der Waals surface area contributed by atoms with Crippen LogP contribution in [0.15, 0.2) is 97.1 Å². The van der Waals surface area contributed by atoms with E-state index in [1.54, 1.807) is 0 Å². The summed E-state index contributed by atoms with van der Waals surface area (Å²) < 4.78 is 2.29. The molecule has 1 atom stereocenters. The molecule has 0 spiro atoms. The van der Waals surface area contributed by atoms with Crippen LogP contribution in [0.2, 0.25) is 0 Å². The monoisotopic (exact) mass is 373 g/mol. The van der Waals surface area contributed by atoms with Crippen molar-refractivity contribution in [3.63, 3.8) is 0 Å². The van der Waals surface area contributed by atoms with Gasteiger partial charge in [-0.2, -0.15) is 0 Å². The summed E-state index contributed by atoms with van der Waals surface area (Å²) in [5.41, 5.74) is 3.32. The molecule has 5 aromatic rings. The molecule has 1 unspecified atom stereocenters. The molecule has 2 heterocycles. The van der Waals surface area contributed by atoms with E-state index in [1.807, 2.05) is 6.07 Å². The van der Waals surface area contributed by atoms with Gasteiger partial charge >= 0.3 is 0 Å². The molecule has 2 aromatic heterocycles. The molecule has 0 aliphatic heterocycles. The quantitative estimate of drug-likeness (QED) is 0.362. The van der Waals surface area contributed by atoms with Gasteiger partial charge in [0.1, 0.15) is 11.6 Å². The molecule has 0 radical (unpaired) electrons. The summed E-state index contributed by atoms with van der Waals surface area (Å²) in [5, 5.41) is 3.55. The van der Waals surface area contributed by atoms with Gasteiger partial charge in [0.2, 0.25) is 0 Å². The summed E-state index contributed by atoms with van der Waals surface area (Å²) in [4.78, 5) is 10.1. The summed E-state index contributed by atoms with van der Waals surface area (Å²) >= 11 is 0. The first-order valence-electron chi connectivity index (χ1n) is 9.99. The fourth-order valence-electron chi connectivity index (χ4n) is 4.34. The molecular weight excluding hydrogens is 354 g/mol. The van der Waals surface area contributed by atoms with Crippen LogP contribution in [0.5, 0.6) is 0 Å². The van der Waals surface area contributed by atoms with Crippen molar-refractivity contribution in [2.45, 2.75) is 12.3 Å². The maximum absolute atomic E-state index is 5.13. The summed E-state index contributed by atoms with van der Waals surface area (Å²) in [6, 6.07) is 25.4. The lowest BCUT2D eigenvalue weighted by molar-refractivity contribution is 0.774. The van der Waals surface area contributed by atoms with Gasteiger partial charge in [-0.1, -0.05) is 72.8 Å². The van der Waals surface area contributed by atoms with Crippen molar-refractivity contribution < 1.29 is 0 Å². The van der Waals surface area contributed by atoms with Gasteiger partial charge in [0.15, 0.2) is 0 Å². The van der Waals surface area contributed by atoms with Gasteiger partial charge in [0.05, 0.1) is 16.6 Å². The smallest absolute Gasteiger partial charge is 0.149 e. The van der Waals surface area contributed by atoms with Gasteiger partial charge in [-0.25, -0.2) is 9.97 Å². The number of rotatable bonds is 2. The zero-order valence-electron chi connectivity index (χ0n) is 15.9. The van der Waals surface area contributed by atoms with Gasteiger partial charge in [-0.15, -0.1) is 0 Å². The third kappa shape index (κ3) is 2.51. The molecule has 0 N–H and O–H groups in total. The van der Waals surface area contributed by atoms with E-state index in [0.717, 1.165) is 29.0 Å². The van der Waals surface area contributed by atoms with Gasteiger partial charge in [-0.3, -0.25) is 4.57 Å². The molecule has 0 amide bonds. The van der Waals surface area contributed by atoms with Crippen LogP contribution in [0.1, 0.15) is 18.2 Å². The molecule has 0 fully saturated rings. The van der Waals surface area contributed by atoms with Crippen molar-refractivity contribution in [3.8, 4) is 5.82 Å². The van der Waals surface area contributed by atoms with Crippen molar-refractivity contribution >= 4 is 32.7 Å². The maximum atomic E-state index is 5.13. The highest BCUT2D eigenvalue weighted by molar-refractivity contribution is 6.10. The summed E-state index contributed by atoms with van der Waals surface area (Å²) in [6.45, 7) is 0. The molecule has 0 saturated heterocycles. The summed E-state index contributed by atoms with van der Waals surface area (Å²) in [5.74, 6) is 2.03. The molecule has 3 nitrogen and oxygen atoms in total. The molecule has 29 heavy (non-hydrogen) atoms. The van der Waals surface area contributed by atoms with Crippen molar-refractivity contribution in [1.82, 2.24) is 14.5 Å². The Balaban J connectivity index is 1.73. The van der Waals surface area contributed by atoms with Crippen LogP contribution in [0.25, 0.3) is 38.5 Å². The van der Waals surface area contributed by atoms with E-state index in [2.05, 4.69) is 95.6 Å². The van der Waals surface area contributed by atoms with Crippen molar-refractivity contribution in [2.75, 3.05) is 0 Å². The minimum atomic E-state index is 0.205. The topological polar surface area (TPSA) is 30.7 Å². The zero-order chi connectivity index (χ0) is 19.2.